The van der Waals surface area contributed by atoms with E-state index in [4.69, 9.17) is 0 Å². The molecule has 1 aromatic heterocycles. The van der Waals surface area contributed by atoms with Gasteiger partial charge in [0.1, 0.15) is 4.21 Å². The zero-order chi connectivity index (χ0) is 21.7. The second-order valence-corrected chi connectivity index (χ2v) is 11.3. The zero-order valence-corrected chi connectivity index (χ0v) is 19.6. The van der Waals surface area contributed by atoms with Crippen molar-refractivity contribution in [3.05, 3.63) is 52.9 Å². The predicted octanol–water partition coefficient (Wildman–Crippen LogP) is 2.33. The highest BCUT2D eigenvalue weighted by atomic mass is 32.2. The molecule has 1 aliphatic rings. The van der Waals surface area contributed by atoms with E-state index in [9.17, 15) is 8.42 Å². The number of benzene rings is 1. The summed E-state index contributed by atoms with van der Waals surface area (Å²) in [5.41, 5.74) is 1.33. The third-order valence-corrected chi connectivity index (χ3v) is 8.67. The normalized spacial score (nSPS) is 20.6. The number of aliphatic imine (C=N–C) groups is 1. The standard InChI is InChI=1S/C21H31N5O2S2/c1-16-12-18(15-26(16)14-17-8-6-5-7-9-17)24-21(22-2)23-13-19-10-11-20(29-19)30(27,28)25(3)4/h5-11,16,18H,12-15H2,1-4H3,(H2,22,23,24). The van der Waals surface area contributed by atoms with Gasteiger partial charge in [0.15, 0.2) is 5.96 Å². The smallest absolute Gasteiger partial charge is 0.252 e. The quantitative estimate of drug-likeness (QED) is 0.501. The van der Waals surface area contributed by atoms with Crippen molar-refractivity contribution in [1.29, 1.82) is 0 Å². The van der Waals surface area contributed by atoms with Gasteiger partial charge in [-0.05, 0) is 31.0 Å². The van der Waals surface area contributed by atoms with Crippen LogP contribution in [0.25, 0.3) is 0 Å². The maximum atomic E-state index is 12.2. The van der Waals surface area contributed by atoms with Crippen LogP contribution in [-0.2, 0) is 23.1 Å². The van der Waals surface area contributed by atoms with Crippen LogP contribution in [0.4, 0.5) is 0 Å². The lowest BCUT2D eigenvalue weighted by Gasteiger charge is -2.21. The van der Waals surface area contributed by atoms with Crippen LogP contribution in [0.5, 0.6) is 0 Å². The summed E-state index contributed by atoms with van der Waals surface area (Å²) < 4.78 is 26.1. The molecule has 2 aromatic rings. The fourth-order valence-corrected chi connectivity index (χ4v) is 6.04. The van der Waals surface area contributed by atoms with Gasteiger partial charge in [-0.25, -0.2) is 12.7 Å². The van der Waals surface area contributed by atoms with E-state index in [1.54, 1.807) is 27.2 Å². The Balaban J connectivity index is 1.52. The van der Waals surface area contributed by atoms with Crippen LogP contribution in [0, 0.1) is 0 Å². The Hall–Kier alpha value is -1.94. The molecule has 2 heterocycles. The first-order valence-corrected chi connectivity index (χ1v) is 12.3. The van der Waals surface area contributed by atoms with Gasteiger partial charge in [0.2, 0.25) is 0 Å². The Morgan fingerprint density at radius 1 is 1.23 bits per heavy atom. The van der Waals surface area contributed by atoms with Gasteiger partial charge in [0.05, 0.1) is 6.54 Å². The predicted molar refractivity (Wildman–Crippen MR) is 123 cm³/mol. The molecule has 1 aromatic carbocycles. The number of hydrogen-bond acceptors (Lipinski definition) is 5. The van der Waals surface area contributed by atoms with Gasteiger partial charge >= 0.3 is 0 Å². The maximum absolute atomic E-state index is 12.2. The van der Waals surface area contributed by atoms with Crippen LogP contribution >= 0.6 is 11.3 Å². The molecule has 9 heteroatoms. The summed E-state index contributed by atoms with van der Waals surface area (Å²) in [5.74, 6) is 0.735. The minimum atomic E-state index is -3.38. The molecule has 30 heavy (non-hydrogen) atoms. The topological polar surface area (TPSA) is 77.0 Å². The van der Waals surface area contributed by atoms with E-state index >= 15 is 0 Å². The number of guanidine groups is 1. The molecule has 0 bridgehead atoms. The molecular formula is C21H31N5O2S2. The monoisotopic (exact) mass is 449 g/mol. The van der Waals surface area contributed by atoms with Crippen molar-refractivity contribution in [3.8, 4) is 0 Å². The molecule has 3 rings (SSSR count). The van der Waals surface area contributed by atoms with Crippen LogP contribution in [0.15, 0.2) is 51.7 Å². The molecule has 0 saturated carbocycles. The fourth-order valence-electron chi connectivity index (χ4n) is 3.57. The molecule has 1 fully saturated rings. The van der Waals surface area contributed by atoms with E-state index < -0.39 is 10.0 Å². The Labute approximate surface area is 183 Å². The van der Waals surface area contributed by atoms with Crippen LogP contribution in [-0.4, -0.2) is 63.4 Å². The molecule has 1 saturated heterocycles. The van der Waals surface area contributed by atoms with Gasteiger partial charge in [-0.3, -0.25) is 9.89 Å². The van der Waals surface area contributed by atoms with Crippen molar-refractivity contribution >= 4 is 27.3 Å². The lowest BCUT2D eigenvalue weighted by Crippen LogP contribution is -2.44. The van der Waals surface area contributed by atoms with Gasteiger partial charge in [0.25, 0.3) is 10.0 Å². The number of sulfonamides is 1. The summed E-state index contributed by atoms with van der Waals surface area (Å²) in [4.78, 5) is 7.77. The average Bonchev–Trinajstić information content (AvgIpc) is 3.33. The minimum absolute atomic E-state index is 0.322. The third-order valence-electron chi connectivity index (χ3n) is 5.30. The molecule has 2 N–H and O–H groups in total. The highest BCUT2D eigenvalue weighted by Crippen LogP contribution is 2.24. The SMILES string of the molecule is CN=C(NCc1ccc(S(=O)(=O)N(C)C)s1)NC1CC(C)N(Cc2ccccc2)C1. The number of thiophene rings is 1. The summed E-state index contributed by atoms with van der Waals surface area (Å²) in [7, 11) is 1.46. The van der Waals surface area contributed by atoms with Crippen molar-refractivity contribution in [2.24, 2.45) is 4.99 Å². The molecule has 2 atom stereocenters. The second-order valence-electron chi connectivity index (χ2n) is 7.77. The van der Waals surface area contributed by atoms with E-state index in [0.717, 1.165) is 30.3 Å². The number of nitrogens with zero attached hydrogens (tertiary/aromatic N) is 3. The van der Waals surface area contributed by atoms with Crippen molar-refractivity contribution in [2.45, 2.75) is 42.7 Å². The number of hydrogen-bond donors (Lipinski definition) is 2. The van der Waals surface area contributed by atoms with Crippen molar-refractivity contribution in [1.82, 2.24) is 19.8 Å². The van der Waals surface area contributed by atoms with Gasteiger partial charge in [-0.15, -0.1) is 11.3 Å². The summed E-state index contributed by atoms with van der Waals surface area (Å²) in [5, 5.41) is 6.82. The van der Waals surface area contributed by atoms with Gasteiger partial charge in [0, 0.05) is 51.2 Å². The Kier molecular flexibility index (Phi) is 7.51. The summed E-state index contributed by atoms with van der Waals surface area (Å²) >= 11 is 1.28. The average molecular weight is 450 g/mol. The van der Waals surface area contributed by atoms with E-state index in [1.807, 2.05) is 12.1 Å². The molecule has 0 amide bonds. The first-order valence-electron chi connectivity index (χ1n) is 10.1. The third kappa shape index (κ3) is 5.60. The summed E-state index contributed by atoms with van der Waals surface area (Å²) in [6, 6.07) is 14.9. The van der Waals surface area contributed by atoms with Gasteiger partial charge in [-0.1, -0.05) is 30.3 Å². The summed E-state index contributed by atoms with van der Waals surface area (Å²) in [6.07, 6.45) is 1.05. The zero-order valence-electron chi connectivity index (χ0n) is 18.0. The Morgan fingerprint density at radius 3 is 2.63 bits per heavy atom. The number of likely N-dealkylation sites (tertiary alicyclic amines) is 1. The molecule has 0 spiro atoms. The largest absolute Gasteiger partial charge is 0.352 e. The number of rotatable bonds is 7. The molecule has 164 valence electrons. The lowest BCUT2D eigenvalue weighted by molar-refractivity contribution is 0.258. The molecule has 7 nitrogen and oxygen atoms in total. The highest BCUT2D eigenvalue weighted by molar-refractivity contribution is 7.91. The van der Waals surface area contributed by atoms with Crippen molar-refractivity contribution < 1.29 is 8.42 Å². The Bertz CT molecular complexity index is 957. The molecule has 0 aliphatic carbocycles. The van der Waals surface area contributed by atoms with Crippen LogP contribution < -0.4 is 10.6 Å². The van der Waals surface area contributed by atoms with Crippen LogP contribution in [0.1, 0.15) is 23.8 Å². The first-order chi connectivity index (χ1) is 14.3. The van der Waals surface area contributed by atoms with E-state index in [0.29, 0.717) is 22.8 Å². The first kappa shape index (κ1) is 22.7. The minimum Gasteiger partial charge on any atom is -0.352 e. The molecular weight excluding hydrogens is 418 g/mol. The van der Waals surface area contributed by atoms with Crippen molar-refractivity contribution in [2.75, 3.05) is 27.7 Å². The van der Waals surface area contributed by atoms with Crippen LogP contribution in [0.2, 0.25) is 0 Å². The molecule has 0 radical (unpaired) electrons. The number of nitrogens with one attached hydrogen (secondary N) is 2. The van der Waals surface area contributed by atoms with Crippen LogP contribution in [0.3, 0.4) is 0 Å². The van der Waals surface area contributed by atoms with E-state index in [-0.39, 0.29) is 0 Å². The van der Waals surface area contributed by atoms with Crippen molar-refractivity contribution in [3.63, 3.8) is 0 Å². The molecule has 2 unspecified atom stereocenters. The van der Waals surface area contributed by atoms with Gasteiger partial charge < -0.3 is 10.6 Å². The molecule has 1 aliphatic heterocycles. The summed E-state index contributed by atoms with van der Waals surface area (Å²) in [6.45, 7) is 4.70. The van der Waals surface area contributed by atoms with E-state index in [1.165, 1.54) is 21.2 Å². The lowest BCUT2D eigenvalue weighted by atomic mass is 10.2. The highest BCUT2D eigenvalue weighted by Gasteiger charge is 2.29. The van der Waals surface area contributed by atoms with E-state index in [2.05, 4.69) is 51.7 Å². The Morgan fingerprint density at radius 2 is 1.97 bits per heavy atom. The second kappa shape index (κ2) is 9.91. The maximum Gasteiger partial charge on any atom is 0.252 e. The fraction of sp³-hybridized carbons (Fsp3) is 0.476. The van der Waals surface area contributed by atoms with Gasteiger partial charge in [-0.2, -0.15) is 0 Å².